The van der Waals surface area contributed by atoms with E-state index in [0.29, 0.717) is 18.7 Å². The van der Waals surface area contributed by atoms with Crippen LogP contribution in [0.15, 0.2) is 24.3 Å². The van der Waals surface area contributed by atoms with Crippen molar-refractivity contribution < 1.29 is 9.59 Å². The molecule has 5 nitrogen and oxygen atoms in total. The second-order valence-corrected chi connectivity index (χ2v) is 4.38. The van der Waals surface area contributed by atoms with Gasteiger partial charge < -0.3 is 4.90 Å². The van der Waals surface area contributed by atoms with Gasteiger partial charge >= 0.3 is 0 Å². The van der Waals surface area contributed by atoms with Gasteiger partial charge in [-0.2, -0.15) is 5.26 Å². The molecule has 0 fully saturated rings. The van der Waals surface area contributed by atoms with E-state index in [2.05, 4.69) is 6.07 Å². The van der Waals surface area contributed by atoms with Crippen molar-refractivity contribution in [3.05, 3.63) is 24.3 Å². The molecule has 0 saturated carbocycles. The molecule has 0 aliphatic rings. The van der Waals surface area contributed by atoms with E-state index in [-0.39, 0.29) is 11.8 Å². The molecular formula is C15H19N3O2. The highest BCUT2D eigenvalue weighted by Gasteiger charge is 2.17. The number of hydrogen-bond donors (Lipinski definition) is 0. The van der Waals surface area contributed by atoms with E-state index in [1.807, 2.05) is 17.9 Å². The predicted octanol–water partition coefficient (Wildman–Crippen LogP) is 2.33. The maximum Gasteiger partial charge on any atom is 0.230 e. The molecule has 0 aromatic heterocycles. The molecule has 0 aliphatic heterocycles. The lowest BCUT2D eigenvalue weighted by Crippen LogP contribution is -2.33. The molecule has 0 unspecified atom stereocenters. The van der Waals surface area contributed by atoms with Crippen molar-refractivity contribution in [3.63, 3.8) is 0 Å². The average Bonchev–Trinajstić information content (AvgIpc) is 2.39. The van der Waals surface area contributed by atoms with Crippen molar-refractivity contribution >= 4 is 23.2 Å². The fraction of sp³-hybridized carbons (Fsp3) is 0.400. The van der Waals surface area contributed by atoms with Crippen molar-refractivity contribution in [1.82, 2.24) is 0 Å². The normalized spacial score (nSPS) is 9.70. The van der Waals surface area contributed by atoms with Crippen molar-refractivity contribution in [2.24, 2.45) is 0 Å². The van der Waals surface area contributed by atoms with Crippen LogP contribution in [0.5, 0.6) is 0 Å². The topological polar surface area (TPSA) is 64.4 Å². The molecule has 1 aromatic rings. The van der Waals surface area contributed by atoms with Gasteiger partial charge in [-0.1, -0.05) is 6.07 Å². The lowest BCUT2D eigenvalue weighted by atomic mass is 10.2. The molecule has 0 radical (unpaired) electrons. The van der Waals surface area contributed by atoms with Crippen molar-refractivity contribution in [2.75, 3.05) is 22.9 Å². The van der Waals surface area contributed by atoms with Gasteiger partial charge in [0.15, 0.2) is 0 Å². The smallest absolute Gasteiger partial charge is 0.230 e. The van der Waals surface area contributed by atoms with E-state index in [9.17, 15) is 9.59 Å². The number of hydrogen-bond acceptors (Lipinski definition) is 4. The summed E-state index contributed by atoms with van der Waals surface area (Å²) in [6, 6.07) is 9.35. The summed E-state index contributed by atoms with van der Waals surface area (Å²) in [4.78, 5) is 26.3. The van der Waals surface area contributed by atoms with Gasteiger partial charge in [0.05, 0.1) is 18.2 Å². The Morgan fingerprint density at radius 1 is 1.20 bits per heavy atom. The van der Waals surface area contributed by atoms with Crippen LogP contribution in [0.2, 0.25) is 0 Å². The molecule has 0 bridgehead atoms. The summed E-state index contributed by atoms with van der Waals surface area (Å²) in [6.07, 6.45) is 0.432. The van der Waals surface area contributed by atoms with E-state index in [0.717, 1.165) is 17.1 Å². The Morgan fingerprint density at radius 2 is 1.80 bits per heavy atom. The third kappa shape index (κ3) is 3.82. The summed E-state index contributed by atoms with van der Waals surface area (Å²) >= 11 is 0. The molecule has 2 amide bonds. The average molecular weight is 273 g/mol. The van der Waals surface area contributed by atoms with Gasteiger partial charge in [0.1, 0.15) is 0 Å². The van der Waals surface area contributed by atoms with Crippen LogP contribution in [-0.4, -0.2) is 24.9 Å². The number of carbonyl (C=O) groups is 2. The number of imide groups is 1. The second-order valence-electron chi connectivity index (χ2n) is 4.38. The van der Waals surface area contributed by atoms with Crippen LogP contribution in [-0.2, 0) is 9.59 Å². The van der Waals surface area contributed by atoms with Crippen LogP contribution in [0.1, 0.15) is 27.2 Å². The molecule has 0 N–H and O–H groups in total. The summed E-state index contributed by atoms with van der Waals surface area (Å²) in [5.74, 6) is -0.621. The largest absolute Gasteiger partial charge is 0.371 e. The van der Waals surface area contributed by atoms with Gasteiger partial charge in [-0.15, -0.1) is 0 Å². The Morgan fingerprint density at radius 3 is 2.30 bits per heavy atom. The van der Waals surface area contributed by atoms with Crippen LogP contribution in [0.3, 0.4) is 0 Å². The fourth-order valence-electron chi connectivity index (χ4n) is 2.07. The molecule has 0 spiro atoms. The molecule has 5 heteroatoms. The minimum absolute atomic E-state index is 0.310. The van der Waals surface area contributed by atoms with Gasteiger partial charge in [0.25, 0.3) is 0 Å². The van der Waals surface area contributed by atoms with Crippen LogP contribution in [0.25, 0.3) is 0 Å². The molecular weight excluding hydrogens is 254 g/mol. The molecule has 0 atom stereocenters. The SMILES string of the molecule is CCN(CCC#N)c1cccc(N(C(C)=O)C(C)=O)c1. The van der Waals surface area contributed by atoms with Gasteiger partial charge in [0, 0.05) is 32.6 Å². The Hall–Kier alpha value is -2.35. The number of rotatable bonds is 5. The zero-order chi connectivity index (χ0) is 15.1. The summed E-state index contributed by atoms with van der Waals surface area (Å²) in [6.45, 7) is 6.10. The molecule has 0 heterocycles. The Kier molecular flexibility index (Phi) is 5.73. The van der Waals surface area contributed by atoms with E-state index in [1.165, 1.54) is 13.8 Å². The van der Waals surface area contributed by atoms with Crippen LogP contribution in [0.4, 0.5) is 11.4 Å². The third-order valence-corrected chi connectivity index (χ3v) is 2.96. The number of carbonyl (C=O) groups excluding carboxylic acids is 2. The van der Waals surface area contributed by atoms with Gasteiger partial charge in [-0.3, -0.25) is 14.5 Å². The first-order chi connectivity index (χ1) is 9.51. The van der Waals surface area contributed by atoms with Crippen molar-refractivity contribution in [3.8, 4) is 6.07 Å². The zero-order valence-electron chi connectivity index (χ0n) is 12.1. The standard InChI is InChI=1S/C15H19N3O2/c1-4-17(10-6-9-16)14-7-5-8-15(11-14)18(12(2)19)13(3)20/h5,7-8,11H,4,6,10H2,1-3H3. The Balaban J connectivity index is 3.08. The molecule has 0 aliphatic carbocycles. The summed E-state index contributed by atoms with van der Waals surface area (Å²) in [7, 11) is 0. The summed E-state index contributed by atoms with van der Waals surface area (Å²) < 4.78 is 0. The van der Waals surface area contributed by atoms with Crippen molar-refractivity contribution in [1.29, 1.82) is 5.26 Å². The predicted molar refractivity (Wildman–Crippen MR) is 78.4 cm³/mol. The Labute approximate surface area is 119 Å². The second kappa shape index (κ2) is 7.29. The Bertz CT molecular complexity index is 520. The lowest BCUT2D eigenvalue weighted by Gasteiger charge is -2.24. The highest BCUT2D eigenvalue weighted by atomic mass is 16.2. The number of amides is 2. The highest BCUT2D eigenvalue weighted by molar-refractivity contribution is 6.13. The van der Waals surface area contributed by atoms with E-state index in [4.69, 9.17) is 5.26 Å². The molecule has 0 saturated heterocycles. The molecule has 1 rings (SSSR count). The first-order valence-electron chi connectivity index (χ1n) is 6.54. The maximum atomic E-state index is 11.6. The quantitative estimate of drug-likeness (QED) is 0.826. The van der Waals surface area contributed by atoms with Crippen LogP contribution in [0, 0.1) is 11.3 Å². The number of nitriles is 1. The number of benzene rings is 1. The number of nitrogens with zero attached hydrogens (tertiary/aromatic N) is 3. The minimum atomic E-state index is -0.310. The lowest BCUT2D eigenvalue weighted by molar-refractivity contribution is -0.124. The van der Waals surface area contributed by atoms with Crippen LogP contribution >= 0.6 is 0 Å². The van der Waals surface area contributed by atoms with Gasteiger partial charge in [0.2, 0.25) is 11.8 Å². The molecule has 20 heavy (non-hydrogen) atoms. The highest BCUT2D eigenvalue weighted by Crippen LogP contribution is 2.23. The third-order valence-electron chi connectivity index (χ3n) is 2.96. The van der Waals surface area contributed by atoms with Gasteiger partial charge in [-0.25, -0.2) is 0 Å². The molecule has 1 aromatic carbocycles. The maximum absolute atomic E-state index is 11.6. The van der Waals surface area contributed by atoms with Crippen molar-refractivity contribution in [2.45, 2.75) is 27.2 Å². The van der Waals surface area contributed by atoms with E-state index in [1.54, 1.807) is 18.2 Å². The first-order valence-corrected chi connectivity index (χ1v) is 6.54. The minimum Gasteiger partial charge on any atom is -0.371 e. The fourth-order valence-corrected chi connectivity index (χ4v) is 2.07. The van der Waals surface area contributed by atoms with E-state index >= 15 is 0 Å². The van der Waals surface area contributed by atoms with Crippen LogP contribution < -0.4 is 9.80 Å². The number of anilines is 2. The van der Waals surface area contributed by atoms with Gasteiger partial charge in [-0.05, 0) is 25.1 Å². The molecule has 106 valence electrons. The monoisotopic (exact) mass is 273 g/mol. The first kappa shape index (κ1) is 15.7. The summed E-state index contributed by atoms with van der Waals surface area (Å²) in [5.41, 5.74) is 1.45. The van der Waals surface area contributed by atoms with E-state index < -0.39 is 0 Å². The zero-order valence-corrected chi connectivity index (χ0v) is 12.1. The summed E-state index contributed by atoms with van der Waals surface area (Å²) in [5, 5.41) is 8.67.